The fourth-order valence-electron chi connectivity index (χ4n) is 0.977. The standard InChI is InChI=1S/C8H12BrNS3/c1-7(9)6-13-8(11)10-2-4-12-5-3-10/h1-6H2. The number of hydrogen-bond acceptors (Lipinski definition) is 3. The Labute approximate surface area is 102 Å². The van der Waals surface area contributed by atoms with Crippen LogP contribution in [0.15, 0.2) is 11.1 Å². The van der Waals surface area contributed by atoms with Gasteiger partial charge in [0.2, 0.25) is 0 Å². The van der Waals surface area contributed by atoms with Crippen LogP contribution in [0.25, 0.3) is 0 Å². The number of thioether (sulfide) groups is 2. The van der Waals surface area contributed by atoms with E-state index in [1.807, 2.05) is 11.8 Å². The highest BCUT2D eigenvalue weighted by atomic mass is 79.9. The predicted octanol–water partition coefficient (Wildman–Crippen LogP) is 2.96. The normalized spacial score (nSPS) is 17.2. The van der Waals surface area contributed by atoms with E-state index in [-0.39, 0.29) is 0 Å². The topological polar surface area (TPSA) is 3.24 Å². The summed E-state index contributed by atoms with van der Waals surface area (Å²) < 4.78 is 2.02. The van der Waals surface area contributed by atoms with Crippen molar-refractivity contribution in [3.8, 4) is 0 Å². The molecular weight excluding hydrogens is 286 g/mol. The van der Waals surface area contributed by atoms with Crippen LogP contribution in [-0.2, 0) is 0 Å². The smallest absolute Gasteiger partial charge is 0.136 e. The molecule has 0 N–H and O–H groups in total. The molecule has 0 bridgehead atoms. The summed E-state index contributed by atoms with van der Waals surface area (Å²) in [5.41, 5.74) is 0. The first-order valence-electron chi connectivity index (χ1n) is 4.03. The lowest BCUT2D eigenvalue weighted by Crippen LogP contribution is -2.35. The van der Waals surface area contributed by atoms with E-state index < -0.39 is 0 Å². The Kier molecular flexibility index (Phi) is 5.78. The summed E-state index contributed by atoms with van der Waals surface area (Å²) in [6, 6.07) is 0. The van der Waals surface area contributed by atoms with Crippen molar-refractivity contribution in [2.45, 2.75) is 0 Å². The van der Waals surface area contributed by atoms with E-state index in [1.165, 1.54) is 11.5 Å². The molecule has 1 saturated heterocycles. The molecule has 0 spiro atoms. The lowest BCUT2D eigenvalue weighted by molar-refractivity contribution is 0.479. The SMILES string of the molecule is C=C(Br)CSC(=S)N1CCSCC1. The molecule has 1 rings (SSSR count). The van der Waals surface area contributed by atoms with Crippen LogP contribution in [-0.4, -0.2) is 39.6 Å². The molecule has 1 heterocycles. The van der Waals surface area contributed by atoms with Crippen molar-refractivity contribution in [2.75, 3.05) is 30.3 Å². The van der Waals surface area contributed by atoms with Gasteiger partial charge in [0, 0.05) is 30.3 Å². The van der Waals surface area contributed by atoms with E-state index >= 15 is 0 Å². The molecule has 13 heavy (non-hydrogen) atoms. The van der Waals surface area contributed by atoms with Crippen LogP contribution in [0.2, 0.25) is 0 Å². The number of hydrogen-bond donors (Lipinski definition) is 0. The average Bonchev–Trinajstić information content (AvgIpc) is 2.15. The first-order valence-corrected chi connectivity index (χ1v) is 7.37. The molecule has 0 aromatic rings. The number of thiocarbonyl (C=S) groups is 1. The third kappa shape index (κ3) is 4.72. The van der Waals surface area contributed by atoms with Gasteiger partial charge in [0.15, 0.2) is 0 Å². The molecular formula is C8H12BrNS3. The maximum atomic E-state index is 5.31. The molecule has 5 heteroatoms. The zero-order valence-electron chi connectivity index (χ0n) is 7.29. The van der Waals surface area contributed by atoms with Crippen molar-refractivity contribution in [1.29, 1.82) is 0 Å². The van der Waals surface area contributed by atoms with E-state index in [0.717, 1.165) is 27.6 Å². The molecule has 0 aliphatic carbocycles. The second-order valence-electron chi connectivity index (χ2n) is 2.67. The van der Waals surface area contributed by atoms with E-state index in [9.17, 15) is 0 Å². The van der Waals surface area contributed by atoms with Gasteiger partial charge in [-0.3, -0.25) is 0 Å². The first-order chi connectivity index (χ1) is 6.20. The van der Waals surface area contributed by atoms with E-state index in [4.69, 9.17) is 12.2 Å². The molecule has 1 aliphatic rings. The van der Waals surface area contributed by atoms with Gasteiger partial charge in [0.25, 0.3) is 0 Å². The molecule has 0 aromatic heterocycles. The highest BCUT2D eigenvalue weighted by Gasteiger charge is 2.13. The Bertz CT molecular complexity index is 202. The molecule has 74 valence electrons. The van der Waals surface area contributed by atoms with Gasteiger partial charge >= 0.3 is 0 Å². The Balaban J connectivity index is 2.25. The van der Waals surface area contributed by atoms with Crippen molar-refractivity contribution in [3.05, 3.63) is 11.1 Å². The summed E-state index contributed by atoms with van der Waals surface area (Å²) in [4.78, 5) is 2.28. The summed E-state index contributed by atoms with van der Waals surface area (Å²) in [5, 5.41) is 0. The lowest BCUT2D eigenvalue weighted by Gasteiger charge is -2.28. The molecule has 0 atom stereocenters. The minimum absolute atomic E-state index is 0.877. The molecule has 0 amide bonds. The summed E-state index contributed by atoms with van der Waals surface area (Å²) in [5.74, 6) is 3.29. The van der Waals surface area contributed by atoms with Crippen molar-refractivity contribution >= 4 is 56.0 Å². The summed E-state index contributed by atoms with van der Waals surface area (Å²) in [7, 11) is 0. The van der Waals surface area contributed by atoms with Gasteiger partial charge in [-0.05, 0) is 4.48 Å². The van der Waals surface area contributed by atoms with Crippen LogP contribution >= 0.6 is 51.7 Å². The van der Waals surface area contributed by atoms with Crippen molar-refractivity contribution in [2.24, 2.45) is 0 Å². The Morgan fingerprint density at radius 2 is 2.15 bits per heavy atom. The molecule has 0 aromatic carbocycles. The van der Waals surface area contributed by atoms with Crippen LogP contribution in [0.3, 0.4) is 0 Å². The predicted molar refractivity (Wildman–Crippen MR) is 72.0 cm³/mol. The number of rotatable bonds is 2. The second-order valence-corrected chi connectivity index (χ2v) is 6.63. The van der Waals surface area contributed by atoms with Crippen molar-refractivity contribution in [1.82, 2.24) is 4.90 Å². The van der Waals surface area contributed by atoms with Crippen LogP contribution in [0.4, 0.5) is 0 Å². The van der Waals surface area contributed by atoms with Gasteiger partial charge in [0.1, 0.15) is 4.32 Å². The monoisotopic (exact) mass is 297 g/mol. The van der Waals surface area contributed by atoms with Crippen LogP contribution < -0.4 is 0 Å². The van der Waals surface area contributed by atoms with Gasteiger partial charge in [-0.25, -0.2) is 0 Å². The van der Waals surface area contributed by atoms with Crippen molar-refractivity contribution in [3.63, 3.8) is 0 Å². The minimum Gasteiger partial charge on any atom is -0.356 e. The number of halogens is 1. The van der Waals surface area contributed by atoms with E-state index in [0.29, 0.717) is 0 Å². The molecule has 1 nitrogen and oxygen atoms in total. The van der Waals surface area contributed by atoms with Crippen LogP contribution in [0, 0.1) is 0 Å². The first kappa shape index (κ1) is 11.9. The molecule has 1 fully saturated rings. The van der Waals surface area contributed by atoms with E-state index in [2.05, 4.69) is 27.4 Å². The maximum absolute atomic E-state index is 5.31. The lowest BCUT2D eigenvalue weighted by atomic mass is 10.6. The molecule has 0 radical (unpaired) electrons. The Morgan fingerprint density at radius 3 is 2.69 bits per heavy atom. The highest BCUT2D eigenvalue weighted by molar-refractivity contribution is 9.11. The minimum atomic E-state index is 0.877. The second kappa shape index (κ2) is 6.32. The van der Waals surface area contributed by atoms with E-state index in [1.54, 1.807) is 11.8 Å². The molecule has 0 unspecified atom stereocenters. The largest absolute Gasteiger partial charge is 0.356 e. The fraction of sp³-hybridized carbons (Fsp3) is 0.625. The zero-order valence-corrected chi connectivity index (χ0v) is 11.3. The zero-order chi connectivity index (χ0) is 9.68. The van der Waals surface area contributed by atoms with Crippen LogP contribution in [0.1, 0.15) is 0 Å². The van der Waals surface area contributed by atoms with Gasteiger partial charge in [0.05, 0.1) is 0 Å². The summed E-state index contributed by atoms with van der Waals surface area (Å²) in [6.45, 7) is 5.99. The van der Waals surface area contributed by atoms with Gasteiger partial charge in [-0.2, -0.15) is 11.8 Å². The van der Waals surface area contributed by atoms with Gasteiger partial charge < -0.3 is 4.90 Å². The van der Waals surface area contributed by atoms with Gasteiger partial charge in [-0.1, -0.05) is 46.5 Å². The quantitative estimate of drug-likeness (QED) is 0.721. The maximum Gasteiger partial charge on any atom is 0.136 e. The van der Waals surface area contributed by atoms with Crippen LogP contribution in [0.5, 0.6) is 0 Å². The summed E-state index contributed by atoms with van der Waals surface area (Å²) >= 11 is 12.3. The Morgan fingerprint density at radius 1 is 1.54 bits per heavy atom. The summed E-state index contributed by atoms with van der Waals surface area (Å²) in [6.07, 6.45) is 0. The molecule has 1 aliphatic heterocycles. The molecule has 0 saturated carbocycles. The number of nitrogens with zero attached hydrogens (tertiary/aromatic N) is 1. The Hall–Kier alpha value is 0.810. The fourth-order valence-corrected chi connectivity index (χ4v) is 3.23. The van der Waals surface area contributed by atoms with Crippen molar-refractivity contribution < 1.29 is 0 Å². The average molecular weight is 298 g/mol. The van der Waals surface area contributed by atoms with Gasteiger partial charge in [-0.15, -0.1) is 0 Å². The third-order valence-electron chi connectivity index (χ3n) is 1.62. The third-order valence-corrected chi connectivity index (χ3v) is 4.83. The highest BCUT2D eigenvalue weighted by Crippen LogP contribution is 2.18.